The van der Waals surface area contributed by atoms with Gasteiger partial charge in [0, 0.05) is 12.1 Å². The second-order valence-electron chi connectivity index (χ2n) is 7.54. The summed E-state index contributed by atoms with van der Waals surface area (Å²) in [6, 6.07) is 11.3. The van der Waals surface area contributed by atoms with Crippen molar-refractivity contribution in [3.05, 3.63) is 68.9 Å². The average Bonchev–Trinajstić information content (AvgIpc) is 3.11. The molecule has 2 amide bonds. The Morgan fingerprint density at radius 2 is 1.79 bits per heavy atom. The van der Waals surface area contributed by atoms with Crippen LogP contribution in [0.1, 0.15) is 36.1 Å². The van der Waals surface area contributed by atoms with E-state index < -0.39 is 6.04 Å². The van der Waals surface area contributed by atoms with Gasteiger partial charge in [-0.05, 0) is 36.2 Å². The Morgan fingerprint density at radius 1 is 1.06 bits per heavy atom. The number of thioether (sulfide) groups is 1. The van der Waals surface area contributed by atoms with Crippen molar-refractivity contribution in [3.8, 4) is 0 Å². The summed E-state index contributed by atoms with van der Waals surface area (Å²) in [5.74, 6) is 0.146. The molecule has 0 radical (unpaired) electrons. The van der Waals surface area contributed by atoms with Gasteiger partial charge in [-0.15, -0.1) is 10.2 Å². The molecule has 174 valence electrons. The summed E-state index contributed by atoms with van der Waals surface area (Å²) < 4.78 is 1.77. The highest BCUT2D eigenvalue weighted by molar-refractivity contribution is 7.99. The van der Waals surface area contributed by atoms with E-state index in [1.165, 1.54) is 17.8 Å². The zero-order valence-electron chi connectivity index (χ0n) is 18.1. The second kappa shape index (κ2) is 11.2. The minimum atomic E-state index is -0.423. The number of nitrogens with one attached hydrogen (secondary N) is 2. The third-order valence-electron chi connectivity index (χ3n) is 4.76. The van der Waals surface area contributed by atoms with Crippen molar-refractivity contribution >= 4 is 64.1 Å². The number of amides is 2. The number of aromatic nitrogens is 3. The minimum Gasteiger partial charge on any atom is -0.342 e. The van der Waals surface area contributed by atoms with E-state index in [1.807, 2.05) is 13.8 Å². The number of hydrogen-bond acceptors (Lipinski definition) is 5. The van der Waals surface area contributed by atoms with Gasteiger partial charge in [0.15, 0.2) is 11.0 Å². The molecule has 11 heteroatoms. The zero-order chi connectivity index (χ0) is 24.1. The SMILES string of the molecule is CC(C)[C@@H](NC(=O)c1ccc(Cl)cc1Cl)c1nnc(SCC(=O)Nc2ccccc2Cl)n1C. The molecule has 2 aromatic carbocycles. The second-order valence-corrected chi connectivity index (χ2v) is 9.73. The summed E-state index contributed by atoms with van der Waals surface area (Å²) in [5.41, 5.74) is 0.867. The lowest BCUT2D eigenvalue weighted by Crippen LogP contribution is -2.33. The molecule has 0 saturated heterocycles. The van der Waals surface area contributed by atoms with Crippen LogP contribution in [0.4, 0.5) is 5.69 Å². The fraction of sp³-hybridized carbons (Fsp3) is 0.273. The number of benzene rings is 2. The molecule has 0 fully saturated rings. The molecule has 0 aliphatic rings. The summed E-state index contributed by atoms with van der Waals surface area (Å²) >= 11 is 19.4. The van der Waals surface area contributed by atoms with Crippen molar-refractivity contribution in [2.24, 2.45) is 13.0 Å². The number of rotatable bonds is 8. The molecule has 2 N–H and O–H groups in total. The Balaban J connectivity index is 1.69. The first kappa shape index (κ1) is 25.4. The number of carbonyl (C=O) groups is 2. The highest BCUT2D eigenvalue weighted by Gasteiger charge is 2.26. The molecular formula is C22H22Cl3N5O2S. The van der Waals surface area contributed by atoms with Crippen molar-refractivity contribution in [2.75, 3.05) is 11.1 Å². The van der Waals surface area contributed by atoms with Crippen LogP contribution in [0.3, 0.4) is 0 Å². The van der Waals surface area contributed by atoms with E-state index in [1.54, 1.807) is 48.0 Å². The van der Waals surface area contributed by atoms with E-state index in [0.29, 0.717) is 32.3 Å². The number of carbonyl (C=O) groups excluding carboxylic acids is 2. The van der Waals surface area contributed by atoms with E-state index in [0.717, 1.165) is 0 Å². The van der Waals surface area contributed by atoms with Crippen LogP contribution >= 0.6 is 46.6 Å². The minimum absolute atomic E-state index is 0.0179. The van der Waals surface area contributed by atoms with E-state index in [2.05, 4.69) is 20.8 Å². The van der Waals surface area contributed by atoms with Crippen molar-refractivity contribution in [1.82, 2.24) is 20.1 Å². The molecule has 1 aromatic heterocycles. The smallest absolute Gasteiger partial charge is 0.253 e. The maximum absolute atomic E-state index is 12.8. The van der Waals surface area contributed by atoms with Crippen molar-refractivity contribution < 1.29 is 9.59 Å². The Morgan fingerprint density at radius 3 is 2.45 bits per heavy atom. The van der Waals surface area contributed by atoms with Gasteiger partial charge in [0.05, 0.1) is 33.1 Å². The maximum Gasteiger partial charge on any atom is 0.253 e. The molecule has 7 nitrogen and oxygen atoms in total. The fourth-order valence-corrected chi connectivity index (χ4v) is 4.42. The van der Waals surface area contributed by atoms with Gasteiger partial charge in [0.1, 0.15) is 0 Å². The predicted octanol–water partition coefficient (Wildman–Crippen LogP) is 5.63. The Labute approximate surface area is 211 Å². The van der Waals surface area contributed by atoms with Gasteiger partial charge in [-0.2, -0.15) is 0 Å². The van der Waals surface area contributed by atoms with Crippen molar-refractivity contribution in [3.63, 3.8) is 0 Å². The first-order valence-electron chi connectivity index (χ1n) is 9.99. The van der Waals surface area contributed by atoms with E-state index in [4.69, 9.17) is 34.8 Å². The molecule has 3 aromatic rings. The molecule has 0 aliphatic heterocycles. The largest absolute Gasteiger partial charge is 0.342 e. The van der Waals surface area contributed by atoms with Crippen LogP contribution in [0.5, 0.6) is 0 Å². The van der Waals surface area contributed by atoms with E-state index in [9.17, 15) is 9.59 Å². The summed E-state index contributed by atoms with van der Waals surface area (Å²) in [6.07, 6.45) is 0. The molecule has 0 saturated carbocycles. The van der Waals surface area contributed by atoms with Crippen LogP contribution in [0.2, 0.25) is 15.1 Å². The molecular weight excluding hydrogens is 505 g/mol. The molecule has 33 heavy (non-hydrogen) atoms. The standard InChI is InChI=1S/C22H22Cl3N5O2S/c1-12(2)19(27-21(32)14-9-8-13(23)10-16(14)25)20-28-29-22(30(20)3)33-11-18(31)26-17-7-5-4-6-15(17)24/h4-10,12,19H,11H2,1-3H3,(H,26,31)(H,27,32)/t19-/m1/s1. The number of halogens is 3. The molecule has 3 rings (SSSR count). The highest BCUT2D eigenvalue weighted by Crippen LogP contribution is 2.27. The topological polar surface area (TPSA) is 88.9 Å². The van der Waals surface area contributed by atoms with Crippen LogP contribution in [0.15, 0.2) is 47.6 Å². The molecule has 1 atom stereocenters. The van der Waals surface area contributed by atoms with Crippen LogP contribution in [-0.2, 0) is 11.8 Å². The van der Waals surface area contributed by atoms with E-state index in [-0.39, 0.29) is 28.5 Å². The van der Waals surface area contributed by atoms with Gasteiger partial charge >= 0.3 is 0 Å². The third-order valence-corrected chi connectivity index (χ3v) is 6.65. The molecule has 0 aliphatic carbocycles. The van der Waals surface area contributed by atoms with Gasteiger partial charge in [-0.1, -0.05) is 72.5 Å². The maximum atomic E-state index is 12.8. The monoisotopic (exact) mass is 525 g/mol. The number of para-hydroxylation sites is 1. The number of nitrogens with zero attached hydrogens (tertiary/aromatic N) is 3. The quantitative estimate of drug-likeness (QED) is 0.371. The average molecular weight is 527 g/mol. The molecule has 1 heterocycles. The highest BCUT2D eigenvalue weighted by atomic mass is 35.5. The molecule has 0 spiro atoms. The first-order chi connectivity index (χ1) is 15.7. The Kier molecular flexibility index (Phi) is 8.64. The van der Waals surface area contributed by atoms with Crippen molar-refractivity contribution in [1.29, 1.82) is 0 Å². The van der Waals surface area contributed by atoms with Crippen LogP contribution in [0, 0.1) is 5.92 Å². The predicted molar refractivity (Wildman–Crippen MR) is 133 cm³/mol. The lowest BCUT2D eigenvalue weighted by molar-refractivity contribution is -0.113. The molecule has 0 unspecified atom stereocenters. The van der Waals surface area contributed by atoms with Gasteiger partial charge in [0.2, 0.25) is 5.91 Å². The summed E-state index contributed by atoms with van der Waals surface area (Å²) in [7, 11) is 1.79. The lowest BCUT2D eigenvalue weighted by Gasteiger charge is -2.22. The fourth-order valence-electron chi connectivity index (χ4n) is 3.02. The van der Waals surface area contributed by atoms with Gasteiger partial charge in [-0.25, -0.2) is 0 Å². The Hall–Kier alpha value is -2.26. The van der Waals surface area contributed by atoms with Crippen LogP contribution < -0.4 is 10.6 Å². The summed E-state index contributed by atoms with van der Waals surface area (Å²) in [4.78, 5) is 25.2. The van der Waals surface area contributed by atoms with E-state index >= 15 is 0 Å². The summed E-state index contributed by atoms with van der Waals surface area (Å²) in [6.45, 7) is 3.93. The zero-order valence-corrected chi connectivity index (χ0v) is 21.2. The normalized spacial score (nSPS) is 12.0. The number of hydrogen-bond donors (Lipinski definition) is 2. The molecule has 0 bridgehead atoms. The third kappa shape index (κ3) is 6.41. The van der Waals surface area contributed by atoms with Crippen LogP contribution in [0.25, 0.3) is 0 Å². The first-order valence-corrected chi connectivity index (χ1v) is 12.1. The van der Waals surface area contributed by atoms with Crippen molar-refractivity contribution in [2.45, 2.75) is 25.0 Å². The Bertz CT molecular complexity index is 1170. The van der Waals surface area contributed by atoms with Gasteiger partial charge in [0.25, 0.3) is 5.91 Å². The van der Waals surface area contributed by atoms with Crippen LogP contribution in [-0.4, -0.2) is 32.3 Å². The lowest BCUT2D eigenvalue weighted by atomic mass is 10.0. The number of anilines is 1. The summed E-state index contributed by atoms with van der Waals surface area (Å²) in [5, 5.41) is 15.9. The van der Waals surface area contributed by atoms with Gasteiger partial charge in [-0.3, -0.25) is 9.59 Å². The van der Waals surface area contributed by atoms with Gasteiger partial charge < -0.3 is 15.2 Å².